The van der Waals surface area contributed by atoms with Gasteiger partial charge < -0.3 is 9.72 Å². The molecule has 0 aliphatic carbocycles. The van der Waals surface area contributed by atoms with Crippen LogP contribution in [-0.4, -0.2) is 12.1 Å². The minimum atomic E-state index is 0.758. The fourth-order valence-electron chi connectivity index (χ4n) is 2.78. The predicted octanol–water partition coefficient (Wildman–Crippen LogP) is 5.14. The average Bonchev–Trinajstić information content (AvgIpc) is 2.84. The second-order valence-electron chi connectivity index (χ2n) is 4.89. The van der Waals surface area contributed by atoms with Crippen LogP contribution in [0.2, 0.25) is 5.02 Å². The maximum atomic E-state index is 6.10. The van der Waals surface area contributed by atoms with Gasteiger partial charge in [0.2, 0.25) is 0 Å². The maximum absolute atomic E-state index is 6.10. The van der Waals surface area contributed by atoms with E-state index >= 15 is 0 Å². The van der Waals surface area contributed by atoms with E-state index in [0.717, 1.165) is 32.6 Å². The highest BCUT2D eigenvalue weighted by Crippen LogP contribution is 2.33. The van der Waals surface area contributed by atoms with E-state index in [1.165, 1.54) is 10.8 Å². The summed E-state index contributed by atoms with van der Waals surface area (Å²) in [5.41, 5.74) is 2.25. The highest BCUT2D eigenvalue weighted by atomic mass is 35.5. The van der Waals surface area contributed by atoms with Gasteiger partial charge in [-0.1, -0.05) is 23.7 Å². The van der Waals surface area contributed by atoms with Crippen LogP contribution in [0.5, 0.6) is 5.75 Å². The lowest BCUT2D eigenvalue weighted by atomic mass is 10.1. The van der Waals surface area contributed by atoms with Crippen LogP contribution in [0, 0.1) is 0 Å². The molecule has 0 saturated heterocycles. The zero-order valence-corrected chi connectivity index (χ0v) is 11.7. The highest BCUT2D eigenvalue weighted by Gasteiger charge is 2.08. The van der Waals surface area contributed by atoms with E-state index in [9.17, 15) is 0 Å². The van der Waals surface area contributed by atoms with Gasteiger partial charge in [0, 0.05) is 26.7 Å². The number of fused-ring (bicyclic) bond motifs is 5. The molecule has 0 spiro atoms. The molecule has 4 rings (SSSR count). The molecule has 0 aliphatic rings. The maximum Gasteiger partial charge on any atom is 0.119 e. The molecule has 1 aromatic heterocycles. The molecule has 1 N–H and O–H groups in total. The van der Waals surface area contributed by atoms with Crippen LogP contribution < -0.4 is 4.74 Å². The lowest BCUT2D eigenvalue weighted by molar-refractivity contribution is 0.415. The van der Waals surface area contributed by atoms with Crippen molar-refractivity contribution in [3.05, 3.63) is 53.6 Å². The summed E-state index contributed by atoms with van der Waals surface area (Å²) in [6, 6.07) is 16.3. The van der Waals surface area contributed by atoms with E-state index < -0.39 is 0 Å². The summed E-state index contributed by atoms with van der Waals surface area (Å²) in [4.78, 5) is 3.49. The molecule has 0 aliphatic heterocycles. The molecule has 3 aromatic carbocycles. The number of hydrogen-bond acceptors (Lipinski definition) is 1. The highest BCUT2D eigenvalue weighted by molar-refractivity contribution is 6.32. The van der Waals surface area contributed by atoms with E-state index in [-0.39, 0.29) is 0 Å². The van der Waals surface area contributed by atoms with Gasteiger partial charge in [-0.25, -0.2) is 0 Å². The molecule has 20 heavy (non-hydrogen) atoms. The normalized spacial score (nSPS) is 11.5. The van der Waals surface area contributed by atoms with E-state index in [0.29, 0.717) is 0 Å². The first-order chi connectivity index (χ1) is 9.76. The van der Waals surface area contributed by atoms with Gasteiger partial charge in [0.15, 0.2) is 0 Å². The smallest absolute Gasteiger partial charge is 0.119 e. The summed E-state index contributed by atoms with van der Waals surface area (Å²) in [7, 11) is 1.69. The third kappa shape index (κ3) is 1.58. The first kappa shape index (κ1) is 11.6. The Morgan fingerprint density at radius 1 is 0.900 bits per heavy atom. The first-order valence-corrected chi connectivity index (χ1v) is 6.82. The number of ether oxygens (including phenoxy) is 1. The molecule has 1 heterocycles. The topological polar surface area (TPSA) is 25.0 Å². The SMILES string of the molecule is COc1ccc2c(ccc3c4cc(Cl)ccc4[nH]c23)c1. The van der Waals surface area contributed by atoms with E-state index in [1.54, 1.807) is 7.11 Å². The van der Waals surface area contributed by atoms with Crippen molar-refractivity contribution >= 4 is 44.2 Å². The Balaban J connectivity index is 2.16. The number of nitrogens with one attached hydrogen (secondary N) is 1. The number of halogens is 1. The van der Waals surface area contributed by atoms with Gasteiger partial charge in [-0.3, -0.25) is 0 Å². The van der Waals surface area contributed by atoms with Gasteiger partial charge in [-0.05, 0) is 41.8 Å². The standard InChI is InChI=1S/C17H12ClNO/c1-20-12-4-6-13-10(8-12)2-5-14-15-9-11(18)3-7-16(15)19-17(13)14/h2-9,19H,1H3. The lowest BCUT2D eigenvalue weighted by Gasteiger charge is -2.03. The monoisotopic (exact) mass is 281 g/mol. The Morgan fingerprint density at radius 3 is 2.60 bits per heavy atom. The second-order valence-corrected chi connectivity index (χ2v) is 5.33. The van der Waals surface area contributed by atoms with Crippen molar-refractivity contribution in [1.82, 2.24) is 4.98 Å². The van der Waals surface area contributed by atoms with Crippen LogP contribution in [0.25, 0.3) is 32.6 Å². The van der Waals surface area contributed by atoms with Crippen molar-refractivity contribution in [3.63, 3.8) is 0 Å². The minimum Gasteiger partial charge on any atom is -0.497 e. The average molecular weight is 282 g/mol. The number of rotatable bonds is 1. The molecular weight excluding hydrogens is 270 g/mol. The van der Waals surface area contributed by atoms with Crippen molar-refractivity contribution < 1.29 is 4.74 Å². The molecule has 0 amide bonds. The van der Waals surface area contributed by atoms with Crippen LogP contribution in [0.4, 0.5) is 0 Å². The van der Waals surface area contributed by atoms with Crippen molar-refractivity contribution in [1.29, 1.82) is 0 Å². The molecular formula is C17H12ClNO. The number of hydrogen-bond donors (Lipinski definition) is 1. The summed E-state index contributed by atoms with van der Waals surface area (Å²) in [5.74, 6) is 0.871. The van der Waals surface area contributed by atoms with Crippen molar-refractivity contribution in [3.8, 4) is 5.75 Å². The van der Waals surface area contributed by atoms with Gasteiger partial charge in [0.25, 0.3) is 0 Å². The molecule has 4 aromatic rings. The fourth-order valence-corrected chi connectivity index (χ4v) is 2.95. The Morgan fingerprint density at radius 2 is 1.75 bits per heavy atom. The predicted molar refractivity (Wildman–Crippen MR) is 84.9 cm³/mol. The Bertz CT molecular complexity index is 955. The van der Waals surface area contributed by atoms with Crippen molar-refractivity contribution in [2.75, 3.05) is 7.11 Å². The van der Waals surface area contributed by atoms with Gasteiger partial charge in [-0.15, -0.1) is 0 Å². The zero-order chi connectivity index (χ0) is 13.7. The van der Waals surface area contributed by atoms with Gasteiger partial charge >= 0.3 is 0 Å². The Hall–Kier alpha value is -2.19. The summed E-state index contributed by atoms with van der Waals surface area (Å²) in [5, 5.41) is 5.46. The molecule has 0 saturated carbocycles. The number of H-pyrrole nitrogens is 1. The number of benzene rings is 3. The molecule has 3 heteroatoms. The third-order valence-corrected chi connectivity index (χ3v) is 3.99. The third-order valence-electron chi connectivity index (χ3n) is 3.76. The largest absolute Gasteiger partial charge is 0.497 e. The van der Waals surface area contributed by atoms with Crippen LogP contribution in [0.15, 0.2) is 48.5 Å². The molecule has 0 radical (unpaired) electrons. The molecule has 0 bridgehead atoms. The lowest BCUT2D eigenvalue weighted by Crippen LogP contribution is -1.82. The fraction of sp³-hybridized carbons (Fsp3) is 0.0588. The molecule has 0 fully saturated rings. The van der Waals surface area contributed by atoms with E-state index in [4.69, 9.17) is 16.3 Å². The van der Waals surface area contributed by atoms with Crippen LogP contribution in [0.1, 0.15) is 0 Å². The summed E-state index contributed by atoms with van der Waals surface area (Å²) < 4.78 is 5.28. The summed E-state index contributed by atoms with van der Waals surface area (Å²) in [6.07, 6.45) is 0. The second kappa shape index (κ2) is 4.15. The summed E-state index contributed by atoms with van der Waals surface area (Å²) >= 11 is 6.10. The molecule has 0 atom stereocenters. The number of aromatic nitrogens is 1. The Kier molecular flexibility index (Phi) is 2.41. The molecule has 2 nitrogen and oxygen atoms in total. The van der Waals surface area contributed by atoms with Gasteiger partial charge in [-0.2, -0.15) is 0 Å². The summed E-state index contributed by atoms with van der Waals surface area (Å²) in [6.45, 7) is 0. The van der Waals surface area contributed by atoms with E-state index in [1.807, 2.05) is 30.3 Å². The molecule has 0 unspecified atom stereocenters. The molecule has 98 valence electrons. The van der Waals surface area contributed by atoms with E-state index in [2.05, 4.69) is 23.2 Å². The van der Waals surface area contributed by atoms with Crippen LogP contribution in [-0.2, 0) is 0 Å². The van der Waals surface area contributed by atoms with Crippen molar-refractivity contribution in [2.45, 2.75) is 0 Å². The minimum absolute atomic E-state index is 0.758. The van der Waals surface area contributed by atoms with Crippen molar-refractivity contribution in [2.24, 2.45) is 0 Å². The number of methoxy groups -OCH3 is 1. The number of aromatic amines is 1. The van der Waals surface area contributed by atoms with Gasteiger partial charge in [0.1, 0.15) is 5.75 Å². The van der Waals surface area contributed by atoms with Crippen LogP contribution in [0.3, 0.4) is 0 Å². The van der Waals surface area contributed by atoms with Crippen LogP contribution >= 0.6 is 11.6 Å². The first-order valence-electron chi connectivity index (χ1n) is 6.44. The quantitative estimate of drug-likeness (QED) is 0.514. The van der Waals surface area contributed by atoms with Gasteiger partial charge in [0.05, 0.1) is 12.6 Å². The zero-order valence-electron chi connectivity index (χ0n) is 10.9. The Labute approximate surface area is 120 Å².